The Morgan fingerprint density at radius 1 is 1.24 bits per heavy atom. The summed E-state index contributed by atoms with van der Waals surface area (Å²) in [5, 5.41) is 6.20. The molecule has 1 aromatic heterocycles. The highest BCUT2D eigenvalue weighted by molar-refractivity contribution is 6.30. The summed E-state index contributed by atoms with van der Waals surface area (Å²) in [4.78, 5) is 11.2. The minimum absolute atomic E-state index is 0.168. The molecule has 0 unspecified atom stereocenters. The van der Waals surface area contributed by atoms with Crippen LogP contribution in [0.4, 0.5) is 0 Å². The van der Waals surface area contributed by atoms with Gasteiger partial charge in [0.1, 0.15) is 5.02 Å². The average Bonchev–Trinajstić information content (AvgIpc) is 2.28. The molecule has 1 fully saturated rings. The maximum Gasteiger partial charge on any atom is 0.282 e. The first-order valence-electron chi connectivity index (χ1n) is 6.16. The molecule has 2 rings (SSSR count). The molecule has 3 nitrogen and oxygen atoms in total. The molecule has 90 valence electrons. The normalized spacial score (nSPS) is 20.5. The van der Waals surface area contributed by atoms with E-state index in [2.05, 4.69) is 10.2 Å². The van der Waals surface area contributed by atoms with Crippen molar-refractivity contribution in [3.8, 4) is 0 Å². The van der Waals surface area contributed by atoms with E-state index in [9.17, 15) is 4.79 Å². The van der Waals surface area contributed by atoms with Crippen LogP contribution in [0.15, 0.2) is 10.9 Å². The smallest absolute Gasteiger partial charge is 0.266 e. The maximum atomic E-state index is 11.2. The molecule has 1 aliphatic carbocycles. The molecule has 17 heavy (non-hydrogen) atoms. The molecular formula is C12H16BClN2O. The molecule has 0 spiro atoms. The zero-order valence-corrected chi connectivity index (χ0v) is 10.6. The van der Waals surface area contributed by atoms with Gasteiger partial charge in [-0.25, -0.2) is 5.10 Å². The molecular weight excluding hydrogens is 234 g/mol. The SMILES string of the molecule is [B]C1(c2cc(Cl)c(=O)[nH]n2)CCCCCCC1. The monoisotopic (exact) mass is 250 g/mol. The van der Waals surface area contributed by atoms with Crippen LogP contribution in [0.3, 0.4) is 0 Å². The van der Waals surface area contributed by atoms with E-state index in [0.29, 0.717) is 5.69 Å². The van der Waals surface area contributed by atoms with Gasteiger partial charge in [0.15, 0.2) is 0 Å². The number of halogens is 1. The van der Waals surface area contributed by atoms with Crippen molar-refractivity contribution in [1.82, 2.24) is 10.2 Å². The van der Waals surface area contributed by atoms with Crippen LogP contribution in [0.25, 0.3) is 0 Å². The van der Waals surface area contributed by atoms with Crippen LogP contribution in [0.2, 0.25) is 5.02 Å². The predicted molar refractivity (Wildman–Crippen MR) is 69.6 cm³/mol. The van der Waals surface area contributed by atoms with Gasteiger partial charge in [-0.3, -0.25) is 4.79 Å². The number of nitrogens with zero attached hydrogens (tertiary/aromatic N) is 1. The van der Waals surface area contributed by atoms with E-state index in [-0.39, 0.29) is 10.6 Å². The molecule has 0 aliphatic heterocycles. The summed E-state index contributed by atoms with van der Waals surface area (Å²) >= 11 is 5.83. The van der Waals surface area contributed by atoms with Gasteiger partial charge in [0, 0.05) is 0 Å². The number of aromatic nitrogens is 2. The second-order valence-corrected chi connectivity index (χ2v) is 5.26. The van der Waals surface area contributed by atoms with Crippen molar-refractivity contribution < 1.29 is 0 Å². The summed E-state index contributed by atoms with van der Waals surface area (Å²) in [6, 6.07) is 1.61. The molecule has 5 heteroatoms. The first-order chi connectivity index (χ1) is 8.12. The molecule has 1 aliphatic rings. The molecule has 1 saturated carbocycles. The maximum absolute atomic E-state index is 11.2. The molecule has 1 N–H and O–H groups in total. The molecule has 0 aromatic carbocycles. The molecule has 1 aromatic rings. The fourth-order valence-electron chi connectivity index (χ4n) is 2.43. The first-order valence-corrected chi connectivity index (χ1v) is 6.54. The lowest BCUT2D eigenvalue weighted by Gasteiger charge is -2.31. The van der Waals surface area contributed by atoms with Gasteiger partial charge < -0.3 is 0 Å². The lowest BCUT2D eigenvalue weighted by Crippen LogP contribution is -2.30. The third kappa shape index (κ3) is 2.92. The average molecular weight is 251 g/mol. The van der Waals surface area contributed by atoms with Crippen molar-refractivity contribution in [2.24, 2.45) is 0 Å². The van der Waals surface area contributed by atoms with Crippen molar-refractivity contribution in [1.29, 1.82) is 0 Å². The van der Waals surface area contributed by atoms with Crippen molar-refractivity contribution >= 4 is 19.4 Å². The minimum Gasteiger partial charge on any atom is -0.266 e. The first kappa shape index (κ1) is 12.7. The minimum atomic E-state index is -0.436. The Balaban J connectivity index is 2.27. The van der Waals surface area contributed by atoms with Crippen molar-refractivity contribution in [2.75, 3.05) is 0 Å². The Kier molecular flexibility index (Phi) is 3.92. The van der Waals surface area contributed by atoms with Crippen LogP contribution >= 0.6 is 11.6 Å². The summed E-state index contributed by atoms with van der Waals surface area (Å²) in [6.07, 6.45) is 7.75. The number of H-pyrrole nitrogens is 1. The lowest BCUT2D eigenvalue weighted by atomic mass is 9.60. The Morgan fingerprint density at radius 2 is 1.82 bits per heavy atom. The summed E-state index contributed by atoms with van der Waals surface area (Å²) in [5.74, 6) is 0. The summed E-state index contributed by atoms with van der Waals surface area (Å²) in [7, 11) is 6.43. The van der Waals surface area contributed by atoms with Crippen LogP contribution in [-0.2, 0) is 5.31 Å². The van der Waals surface area contributed by atoms with Crippen LogP contribution in [-0.4, -0.2) is 18.0 Å². The van der Waals surface area contributed by atoms with E-state index in [4.69, 9.17) is 19.4 Å². The highest BCUT2D eigenvalue weighted by Gasteiger charge is 2.28. The van der Waals surface area contributed by atoms with Crippen molar-refractivity contribution in [2.45, 2.75) is 50.3 Å². The topological polar surface area (TPSA) is 45.8 Å². The second kappa shape index (κ2) is 5.26. The fraction of sp³-hybridized carbons (Fsp3) is 0.667. The quantitative estimate of drug-likeness (QED) is 0.779. The highest BCUT2D eigenvalue weighted by Crippen LogP contribution is 2.33. The Hall–Kier alpha value is -0.765. The standard InChI is InChI=1S/C12H16BClN2O/c13-12(6-4-2-1-3-5-7-12)10-8-9(14)11(17)16-15-10/h8H,1-7H2,(H,16,17). The number of hydrogen-bond donors (Lipinski definition) is 1. The van der Waals surface area contributed by atoms with E-state index >= 15 is 0 Å². The molecule has 2 radical (unpaired) electrons. The molecule has 0 bridgehead atoms. The Morgan fingerprint density at radius 3 is 2.41 bits per heavy atom. The van der Waals surface area contributed by atoms with Gasteiger partial charge in [-0.1, -0.05) is 56.5 Å². The van der Waals surface area contributed by atoms with E-state index in [1.807, 2.05) is 0 Å². The molecule has 1 heterocycles. The third-order valence-corrected chi connectivity index (χ3v) is 3.79. The van der Waals surface area contributed by atoms with Gasteiger partial charge in [0.2, 0.25) is 0 Å². The highest BCUT2D eigenvalue weighted by atomic mass is 35.5. The van der Waals surface area contributed by atoms with E-state index < -0.39 is 5.31 Å². The second-order valence-electron chi connectivity index (χ2n) is 4.85. The van der Waals surface area contributed by atoms with Gasteiger partial charge in [-0.05, 0) is 11.4 Å². The van der Waals surface area contributed by atoms with E-state index in [1.54, 1.807) is 6.07 Å². The van der Waals surface area contributed by atoms with Crippen LogP contribution in [0, 0.1) is 0 Å². The Bertz CT molecular complexity index is 438. The summed E-state index contributed by atoms with van der Waals surface area (Å²) in [6.45, 7) is 0. The van der Waals surface area contributed by atoms with E-state index in [0.717, 1.165) is 25.7 Å². The molecule has 0 saturated heterocycles. The summed E-state index contributed by atoms with van der Waals surface area (Å²) in [5.41, 5.74) is 0.355. The Labute approximate surface area is 107 Å². The molecule has 0 amide bonds. The molecule has 0 atom stereocenters. The van der Waals surface area contributed by atoms with E-state index in [1.165, 1.54) is 19.3 Å². The van der Waals surface area contributed by atoms with Gasteiger partial charge >= 0.3 is 0 Å². The predicted octanol–water partition coefficient (Wildman–Crippen LogP) is 2.53. The zero-order valence-electron chi connectivity index (χ0n) is 9.84. The van der Waals surface area contributed by atoms with Crippen molar-refractivity contribution in [3.63, 3.8) is 0 Å². The summed E-state index contributed by atoms with van der Waals surface area (Å²) < 4.78 is 0. The lowest BCUT2D eigenvalue weighted by molar-refractivity contribution is 0.406. The zero-order chi connectivity index (χ0) is 12.3. The van der Waals surface area contributed by atoms with Crippen LogP contribution in [0.5, 0.6) is 0 Å². The van der Waals surface area contributed by atoms with Crippen molar-refractivity contribution in [3.05, 3.63) is 27.1 Å². The van der Waals surface area contributed by atoms with Crippen LogP contribution < -0.4 is 5.56 Å². The van der Waals surface area contributed by atoms with Gasteiger partial charge in [-0.15, -0.1) is 0 Å². The number of nitrogens with one attached hydrogen (secondary N) is 1. The largest absolute Gasteiger partial charge is 0.282 e. The van der Waals surface area contributed by atoms with Crippen LogP contribution in [0.1, 0.15) is 50.6 Å². The van der Waals surface area contributed by atoms with Gasteiger partial charge in [0.05, 0.1) is 13.5 Å². The number of rotatable bonds is 1. The third-order valence-electron chi connectivity index (χ3n) is 3.51. The fourth-order valence-corrected chi connectivity index (χ4v) is 2.58. The van der Waals surface area contributed by atoms with Gasteiger partial charge in [0.25, 0.3) is 5.56 Å². The number of aromatic amines is 1. The number of hydrogen-bond acceptors (Lipinski definition) is 2. The van der Waals surface area contributed by atoms with Gasteiger partial charge in [-0.2, -0.15) is 5.10 Å².